The number of sulfonamides is 2. The van der Waals surface area contributed by atoms with Crippen LogP contribution in [0, 0.1) is 0 Å². The summed E-state index contributed by atoms with van der Waals surface area (Å²) in [7, 11) is -6.86. The first-order valence-electron chi connectivity index (χ1n) is 9.41. The van der Waals surface area contributed by atoms with Gasteiger partial charge in [0.2, 0.25) is 20.0 Å². The van der Waals surface area contributed by atoms with Gasteiger partial charge < -0.3 is 0 Å². The lowest BCUT2D eigenvalue weighted by atomic mass is 10.1. The van der Waals surface area contributed by atoms with Gasteiger partial charge in [-0.1, -0.05) is 24.3 Å². The summed E-state index contributed by atoms with van der Waals surface area (Å²) in [5.74, 6) is 0. The van der Waals surface area contributed by atoms with Crippen LogP contribution in [-0.2, 0) is 20.0 Å². The normalized spacial score (nSPS) is 12.1. The van der Waals surface area contributed by atoms with Crippen molar-refractivity contribution in [3.05, 3.63) is 77.1 Å². The van der Waals surface area contributed by atoms with E-state index in [1.807, 2.05) is 0 Å². The van der Waals surface area contributed by atoms with Crippen molar-refractivity contribution < 1.29 is 16.8 Å². The highest BCUT2D eigenvalue weighted by Gasteiger charge is 2.09. The molecule has 32 heavy (non-hydrogen) atoms. The quantitative estimate of drug-likeness (QED) is 0.463. The molecule has 0 saturated heterocycles. The fourth-order valence-corrected chi connectivity index (χ4v) is 4.50. The molecule has 0 radical (unpaired) electrons. The number of hydrogen-bond acceptors (Lipinski definition) is 6. The van der Waals surface area contributed by atoms with Crippen molar-refractivity contribution in [3.8, 4) is 11.1 Å². The van der Waals surface area contributed by atoms with Crippen LogP contribution in [0.4, 0.5) is 11.4 Å². The van der Waals surface area contributed by atoms with Crippen LogP contribution in [-0.4, -0.2) is 34.3 Å². The lowest BCUT2D eigenvalue weighted by molar-refractivity contribution is 0.605. The van der Waals surface area contributed by atoms with Gasteiger partial charge >= 0.3 is 0 Å². The van der Waals surface area contributed by atoms with Gasteiger partial charge in [-0.2, -0.15) is 0 Å². The van der Waals surface area contributed by atoms with Gasteiger partial charge in [0.15, 0.2) is 5.43 Å². The molecular weight excluding hydrogens is 450 g/mol. The highest BCUT2D eigenvalue weighted by molar-refractivity contribution is 7.92. The zero-order chi connectivity index (χ0) is 23.1. The van der Waals surface area contributed by atoms with Crippen LogP contribution < -0.4 is 14.9 Å². The van der Waals surface area contributed by atoms with Crippen molar-refractivity contribution in [2.45, 2.75) is 0 Å². The number of anilines is 2. The second-order valence-corrected chi connectivity index (χ2v) is 10.9. The summed E-state index contributed by atoms with van der Waals surface area (Å²) < 4.78 is 50.7. The third-order valence-corrected chi connectivity index (χ3v) is 5.92. The molecule has 0 bridgehead atoms. The van der Waals surface area contributed by atoms with Gasteiger partial charge in [0.05, 0.1) is 18.0 Å². The second-order valence-electron chi connectivity index (χ2n) is 7.45. The summed E-state index contributed by atoms with van der Waals surface area (Å²) in [4.78, 5) is 17.7. The Hall–Kier alpha value is -3.50. The molecule has 10 heteroatoms. The smallest absolute Gasteiger partial charge is 0.229 e. The van der Waals surface area contributed by atoms with E-state index in [-0.39, 0.29) is 5.43 Å². The molecule has 0 unspecified atom stereocenters. The van der Waals surface area contributed by atoms with Gasteiger partial charge in [-0.3, -0.25) is 19.2 Å². The first-order valence-corrected chi connectivity index (χ1v) is 13.2. The molecule has 0 spiro atoms. The molecule has 4 rings (SSSR count). The van der Waals surface area contributed by atoms with Crippen LogP contribution in [0.5, 0.6) is 0 Å². The molecule has 0 fully saturated rings. The predicted molar refractivity (Wildman–Crippen MR) is 128 cm³/mol. The van der Waals surface area contributed by atoms with Gasteiger partial charge in [0.25, 0.3) is 0 Å². The average Bonchev–Trinajstić information content (AvgIpc) is 2.83. The zero-order valence-electron chi connectivity index (χ0n) is 17.2. The Morgan fingerprint density at radius 1 is 0.688 bits per heavy atom. The van der Waals surface area contributed by atoms with E-state index in [4.69, 9.17) is 0 Å². The molecule has 1 aromatic heterocycles. The largest absolute Gasteiger partial charge is 0.289 e. The molecular formula is C22H19N3O5S2. The van der Waals surface area contributed by atoms with Crippen LogP contribution in [0.2, 0.25) is 0 Å². The van der Waals surface area contributed by atoms with Crippen molar-refractivity contribution in [3.63, 3.8) is 0 Å². The number of nitrogens with one attached hydrogen (secondary N) is 2. The molecule has 8 nitrogen and oxygen atoms in total. The van der Waals surface area contributed by atoms with E-state index in [0.717, 1.165) is 18.1 Å². The highest BCUT2D eigenvalue weighted by atomic mass is 32.2. The molecule has 1 heterocycles. The Morgan fingerprint density at radius 3 is 1.94 bits per heavy atom. The molecule has 164 valence electrons. The number of nitrogens with zero attached hydrogens (tertiary/aromatic N) is 1. The van der Waals surface area contributed by atoms with Crippen molar-refractivity contribution in [2.75, 3.05) is 22.0 Å². The fraction of sp³-hybridized carbons (Fsp3) is 0.0909. The summed E-state index contributed by atoms with van der Waals surface area (Å²) in [5, 5.41) is 1.40. The van der Waals surface area contributed by atoms with Crippen LogP contribution >= 0.6 is 0 Å². The van der Waals surface area contributed by atoms with Crippen molar-refractivity contribution >= 4 is 53.1 Å². The van der Waals surface area contributed by atoms with Crippen LogP contribution in [0.15, 0.2) is 71.7 Å². The topological polar surface area (TPSA) is 122 Å². The summed E-state index contributed by atoms with van der Waals surface area (Å²) in [5.41, 5.74) is 2.40. The number of fused-ring (bicyclic) bond motifs is 2. The molecule has 0 atom stereocenters. The van der Waals surface area contributed by atoms with E-state index in [0.29, 0.717) is 38.6 Å². The van der Waals surface area contributed by atoms with Gasteiger partial charge in [-0.25, -0.2) is 16.8 Å². The van der Waals surface area contributed by atoms with Gasteiger partial charge in [0.1, 0.15) is 0 Å². The highest BCUT2D eigenvalue weighted by Crippen LogP contribution is 2.25. The van der Waals surface area contributed by atoms with Gasteiger partial charge in [-0.05, 0) is 47.3 Å². The maximum atomic E-state index is 13.3. The molecule has 0 saturated carbocycles. The monoisotopic (exact) mass is 469 g/mol. The molecule has 4 aromatic rings. The Morgan fingerprint density at radius 2 is 1.28 bits per heavy atom. The van der Waals surface area contributed by atoms with Crippen molar-refractivity contribution in [1.29, 1.82) is 0 Å². The summed E-state index contributed by atoms with van der Waals surface area (Å²) in [6.07, 6.45) is 3.76. The van der Waals surface area contributed by atoms with Crippen LogP contribution in [0.25, 0.3) is 32.8 Å². The third-order valence-electron chi connectivity index (χ3n) is 4.71. The Kier molecular flexibility index (Phi) is 5.35. The molecule has 3 aromatic carbocycles. The number of pyridine rings is 1. The van der Waals surface area contributed by atoms with Gasteiger partial charge in [0, 0.05) is 33.9 Å². The molecule has 2 N–H and O–H groups in total. The second kappa shape index (κ2) is 7.88. The Balaban J connectivity index is 1.84. The molecule has 0 amide bonds. The summed E-state index contributed by atoms with van der Waals surface area (Å²) in [6.45, 7) is 0. The molecule has 0 aliphatic heterocycles. The minimum atomic E-state index is -3.48. The van der Waals surface area contributed by atoms with E-state index < -0.39 is 20.0 Å². The lowest BCUT2D eigenvalue weighted by Crippen LogP contribution is -2.10. The van der Waals surface area contributed by atoms with E-state index in [9.17, 15) is 21.6 Å². The first-order chi connectivity index (χ1) is 15.0. The lowest BCUT2D eigenvalue weighted by Gasteiger charge is -2.06. The average molecular weight is 470 g/mol. The van der Waals surface area contributed by atoms with E-state index in [1.54, 1.807) is 60.8 Å². The summed E-state index contributed by atoms with van der Waals surface area (Å²) in [6, 6.07) is 16.7. The van der Waals surface area contributed by atoms with E-state index in [1.165, 1.54) is 6.07 Å². The SMILES string of the molecule is CS(=O)(=O)Nc1ccc(-c2cnc3ccc4ccc(NS(C)(=O)=O)cc4c(=O)c3c2)cc1. The number of aromatic nitrogens is 1. The number of benzene rings is 2. The minimum absolute atomic E-state index is 0.276. The van der Waals surface area contributed by atoms with Gasteiger partial charge in [-0.15, -0.1) is 0 Å². The number of rotatable bonds is 5. The maximum Gasteiger partial charge on any atom is 0.229 e. The molecule has 0 aliphatic rings. The maximum absolute atomic E-state index is 13.3. The van der Waals surface area contributed by atoms with E-state index >= 15 is 0 Å². The zero-order valence-corrected chi connectivity index (χ0v) is 18.8. The van der Waals surface area contributed by atoms with Crippen molar-refractivity contribution in [1.82, 2.24) is 4.98 Å². The standard InChI is InChI=1S/C22H19N3O5S2/c1-31(27,28)24-17-7-3-14(4-8-17)16-11-20-21(23-13-16)10-6-15-5-9-18(25-32(2,29)30)12-19(15)22(20)26/h3-13,24-25H,1-2H3. The molecule has 0 aliphatic carbocycles. The fourth-order valence-electron chi connectivity index (χ4n) is 3.38. The Labute approximate surface area is 185 Å². The first kappa shape index (κ1) is 21.7. The third kappa shape index (κ3) is 4.87. The van der Waals surface area contributed by atoms with Crippen molar-refractivity contribution in [2.24, 2.45) is 0 Å². The number of hydrogen-bond donors (Lipinski definition) is 2. The minimum Gasteiger partial charge on any atom is -0.289 e. The Bertz CT molecular complexity index is 1630. The predicted octanol–water partition coefficient (Wildman–Crippen LogP) is 3.16. The van der Waals surface area contributed by atoms with Crippen LogP contribution in [0.1, 0.15) is 0 Å². The van der Waals surface area contributed by atoms with Crippen LogP contribution in [0.3, 0.4) is 0 Å². The van der Waals surface area contributed by atoms with E-state index in [2.05, 4.69) is 14.4 Å². The summed E-state index contributed by atoms with van der Waals surface area (Å²) >= 11 is 0.